The summed E-state index contributed by atoms with van der Waals surface area (Å²) in [6.07, 6.45) is 3.84. The molecule has 0 bridgehead atoms. The number of hydrogen-bond acceptors (Lipinski definition) is 5. The molecule has 1 heterocycles. The van der Waals surface area contributed by atoms with E-state index in [1.165, 1.54) is 7.11 Å². The predicted molar refractivity (Wildman–Crippen MR) is 65.5 cm³/mol. The van der Waals surface area contributed by atoms with E-state index in [9.17, 15) is 9.59 Å². The highest BCUT2D eigenvalue weighted by molar-refractivity contribution is 5.83. The van der Waals surface area contributed by atoms with Crippen LogP contribution in [0, 0.1) is 5.92 Å². The second-order valence-corrected chi connectivity index (χ2v) is 3.79. The SMILES string of the molecule is COC(=O)CNC(=O)C(CN)Cc1ccncc1. The first kappa shape index (κ1) is 14.1. The third-order valence-electron chi connectivity index (χ3n) is 2.52. The average molecular weight is 251 g/mol. The van der Waals surface area contributed by atoms with Crippen LogP contribution >= 0.6 is 0 Å². The molecule has 6 nitrogen and oxygen atoms in total. The van der Waals surface area contributed by atoms with Gasteiger partial charge in [0.2, 0.25) is 5.91 Å². The largest absolute Gasteiger partial charge is 0.468 e. The van der Waals surface area contributed by atoms with Crippen LogP contribution in [-0.2, 0) is 20.7 Å². The van der Waals surface area contributed by atoms with E-state index in [4.69, 9.17) is 5.73 Å². The molecule has 1 amide bonds. The minimum absolute atomic E-state index is 0.137. The summed E-state index contributed by atoms with van der Waals surface area (Å²) in [7, 11) is 1.27. The van der Waals surface area contributed by atoms with Gasteiger partial charge in [-0.25, -0.2) is 0 Å². The van der Waals surface area contributed by atoms with E-state index in [0.717, 1.165) is 5.56 Å². The first-order valence-electron chi connectivity index (χ1n) is 5.61. The molecule has 0 spiro atoms. The molecule has 1 aromatic rings. The number of nitrogens with two attached hydrogens (primary N) is 1. The highest BCUT2D eigenvalue weighted by Gasteiger charge is 2.17. The molecule has 1 aromatic heterocycles. The zero-order valence-corrected chi connectivity index (χ0v) is 10.3. The van der Waals surface area contributed by atoms with Gasteiger partial charge in [-0.2, -0.15) is 0 Å². The number of ether oxygens (including phenoxy) is 1. The van der Waals surface area contributed by atoms with Crippen LogP contribution < -0.4 is 11.1 Å². The first-order chi connectivity index (χ1) is 8.67. The van der Waals surface area contributed by atoms with Gasteiger partial charge in [-0.3, -0.25) is 14.6 Å². The summed E-state index contributed by atoms with van der Waals surface area (Å²) in [6, 6.07) is 3.66. The Morgan fingerprint density at radius 2 is 2.11 bits per heavy atom. The molecular formula is C12H17N3O3. The van der Waals surface area contributed by atoms with Crippen LogP contribution in [0.5, 0.6) is 0 Å². The van der Waals surface area contributed by atoms with E-state index in [1.54, 1.807) is 12.4 Å². The fraction of sp³-hybridized carbons (Fsp3) is 0.417. The van der Waals surface area contributed by atoms with Gasteiger partial charge in [0.05, 0.1) is 13.0 Å². The van der Waals surface area contributed by atoms with Crippen molar-refractivity contribution in [2.24, 2.45) is 11.7 Å². The lowest BCUT2D eigenvalue weighted by molar-refractivity contribution is -0.141. The maximum Gasteiger partial charge on any atom is 0.325 e. The summed E-state index contributed by atoms with van der Waals surface area (Å²) < 4.78 is 4.44. The number of aromatic nitrogens is 1. The lowest BCUT2D eigenvalue weighted by Crippen LogP contribution is -2.39. The maximum absolute atomic E-state index is 11.8. The Labute approximate surface area is 106 Å². The van der Waals surface area contributed by atoms with Crippen molar-refractivity contribution in [2.45, 2.75) is 6.42 Å². The fourth-order valence-electron chi connectivity index (χ4n) is 1.46. The molecule has 0 fully saturated rings. The Morgan fingerprint density at radius 1 is 1.44 bits per heavy atom. The summed E-state index contributed by atoms with van der Waals surface area (Å²) in [6.45, 7) is 0.0809. The van der Waals surface area contributed by atoms with Crippen molar-refractivity contribution >= 4 is 11.9 Å². The number of carbonyl (C=O) groups is 2. The second-order valence-electron chi connectivity index (χ2n) is 3.79. The second kappa shape index (κ2) is 7.39. The Hall–Kier alpha value is -1.95. The third-order valence-corrected chi connectivity index (χ3v) is 2.52. The Bertz CT molecular complexity index is 395. The van der Waals surface area contributed by atoms with Crippen molar-refractivity contribution in [1.29, 1.82) is 0 Å². The molecule has 0 saturated heterocycles. The smallest absolute Gasteiger partial charge is 0.325 e. The van der Waals surface area contributed by atoms with Gasteiger partial charge in [0.15, 0.2) is 0 Å². The van der Waals surface area contributed by atoms with Gasteiger partial charge < -0.3 is 15.8 Å². The van der Waals surface area contributed by atoms with Gasteiger partial charge in [0, 0.05) is 18.9 Å². The zero-order valence-electron chi connectivity index (χ0n) is 10.3. The molecule has 3 N–H and O–H groups in total. The van der Waals surface area contributed by atoms with E-state index in [-0.39, 0.29) is 24.9 Å². The van der Waals surface area contributed by atoms with Crippen molar-refractivity contribution in [2.75, 3.05) is 20.2 Å². The summed E-state index contributed by atoms with van der Waals surface area (Å²) >= 11 is 0. The highest BCUT2D eigenvalue weighted by atomic mass is 16.5. The van der Waals surface area contributed by atoms with E-state index in [2.05, 4.69) is 15.0 Å². The third kappa shape index (κ3) is 4.50. The normalized spacial score (nSPS) is 11.7. The van der Waals surface area contributed by atoms with E-state index < -0.39 is 5.97 Å². The number of esters is 1. The van der Waals surface area contributed by atoms with Crippen LogP contribution in [0.25, 0.3) is 0 Å². The zero-order chi connectivity index (χ0) is 13.4. The summed E-state index contributed by atoms with van der Waals surface area (Å²) in [5.41, 5.74) is 6.55. The van der Waals surface area contributed by atoms with E-state index in [0.29, 0.717) is 6.42 Å². The first-order valence-corrected chi connectivity index (χ1v) is 5.61. The number of nitrogens with one attached hydrogen (secondary N) is 1. The molecule has 18 heavy (non-hydrogen) atoms. The Kier molecular flexibility index (Phi) is 5.79. The topological polar surface area (TPSA) is 94.3 Å². The molecule has 0 aromatic carbocycles. The molecule has 98 valence electrons. The summed E-state index contributed by atoms with van der Waals surface area (Å²) in [5.74, 6) is -1.10. The molecule has 0 aliphatic carbocycles. The van der Waals surface area contributed by atoms with Crippen molar-refractivity contribution < 1.29 is 14.3 Å². The molecule has 6 heteroatoms. The molecule has 1 rings (SSSR count). The molecule has 1 unspecified atom stereocenters. The number of nitrogens with zero attached hydrogens (tertiary/aromatic N) is 1. The summed E-state index contributed by atoms with van der Waals surface area (Å²) in [5, 5.41) is 2.50. The maximum atomic E-state index is 11.8. The number of hydrogen-bond donors (Lipinski definition) is 2. The van der Waals surface area contributed by atoms with Gasteiger partial charge in [-0.15, -0.1) is 0 Å². The minimum Gasteiger partial charge on any atom is -0.468 e. The number of pyridine rings is 1. The van der Waals surface area contributed by atoms with Crippen molar-refractivity contribution in [1.82, 2.24) is 10.3 Å². The molecule has 1 atom stereocenters. The monoisotopic (exact) mass is 251 g/mol. The fourth-order valence-corrected chi connectivity index (χ4v) is 1.46. The van der Waals surface area contributed by atoms with Crippen LogP contribution in [-0.4, -0.2) is 37.1 Å². The molecule has 0 radical (unpaired) electrons. The average Bonchev–Trinajstić information content (AvgIpc) is 2.42. The lowest BCUT2D eigenvalue weighted by Gasteiger charge is -2.14. The van der Waals surface area contributed by atoms with Gasteiger partial charge in [-0.05, 0) is 24.1 Å². The van der Waals surface area contributed by atoms with Crippen LogP contribution in [0.4, 0.5) is 0 Å². The molecular weight excluding hydrogens is 234 g/mol. The number of methoxy groups -OCH3 is 1. The van der Waals surface area contributed by atoms with Gasteiger partial charge in [-0.1, -0.05) is 0 Å². The summed E-state index contributed by atoms with van der Waals surface area (Å²) in [4.78, 5) is 26.6. The standard InChI is InChI=1S/C12H17N3O3/c1-18-11(16)8-15-12(17)10(7-13)6-9-2-4-14-5-3-9/h2-5,10H,6-8,13H2,1H3,(H,15,17). The Balaban J connectivity index is 2.50. The van der Waals surface area contributed by atoms with Crippen LogP contribution in [0.15, 0.2) is 24.5 Å². The Morgan fingerprint density at radius 3 is 2.67 bits per heavy atom. The van der Waals surface area contributed by atoms with Gasteiger partial charge in [0.1, 0.15) is 6.54 Å². The predicted octanol–water partition coefficient (Wildman–Crippen LogP) is -0.512. The number of rotatable bonds is 6. The van der Waals surface area contributed by atoms with Crippen LogP contribution in [0.1, 0.15) is 5.56 Å². The van der Waals surface area contributed by atoms with Crippen molar-refractivity contribution in [3.05, 3.63) is 30.1 Å². The van der Waals surface area contributed by atoms with Crippen LogP contribution in [0.3, 0.4) is 0 Å². The molecule has 0 aliphatic rings. The van der Waals surface area contributed by atoms with E-state index in [1.807, 2.05) is 12.1 Å². The lowest BCUT2D eigenvalue weighted by atomic mass is 9.99. The van der Waals surface area contributed by atoms with Crippen LogP contribution in [0.2, 0.25) is 0 Å². The number of amides is 1. The van der Waals surface area contributed by atoms with Gasteiger partial charge >= 0.3 is 5.97 Å². The number of carbonyl (C=O) groups excluding carboxylic acids is 2. The van der Waals surface area contributed by atoms with Crippen molar-refractivity contribution in [3.8, 4) is 0 Å². The minimum atomic E-state index is -0.483. The highest BCUT2D eigenvalue weighted by Crippen LogP contribution is 2.06. The molecule has 0 saturated carbocycles. The van der Waals surface area contributed by atoms with E-state index >= 15 is 0 Å². The van der Waals surface area contributed by atoms with Crippen molar-refractivity contribution in [3.63, 3.8) is 0 Å². The quantitative estimate of drug-likeness (QED) is 0.664. The van der Waals surface area contributed by atoms with Gasteiger partial charge in [0.25, 0.3) is 0 Å². The molecule has 0 aliphatic heterocycles.